The fourth-order valence-electron chi connectivity index (χ4n) is 12.3. The second-order valence-electron chi connectivity index (χ2n) is 23.4. The van der Waals surface area contributed by atoms with Gasteiger partial charge in [0.05, 0.1) is 169 Å². The molecular formula is C48H24N16O44Si8. The SMILES string of the molecule is O=[N+]([O-])c1ccc([Si]23O[Si]4(c5ccc([N+](=O)[O-])cc5[N+](=O)[O-])O[Si]5(c6ccc([N+](=O)[O-])cc6[N+](=O)[O-])O[Si](c6ccc([N+](=O)[O-])cc6[N+](=O)[O-])(O2)O[Si]2(c6ccc([N+](=O)[O-])cc6[N+](=O)[O-])O[Si](c6ccc([N+](=O)[O-])cc6[N+](=O)[O-])(O3)O[Si](c3ccc([N+](=O)[O-])cc3[N+](=O)[O-])(O4)O[Si](c3ccc([N+](=O)[O-])cc3[N+](=O)[O-])(O5)O2)c([N+](=O)[O-])c1. The van der Waals surface area contributed by atoms with Gasteiger partial charge in [-0.1, -0.05) is 0 Å². The third-order valence-corrected chi connectivity index (χ3v) is 51.4. The molecule has 0 aliphatic carbocycles. The Labute approximate surface area is 636 Å². The van der Waals surface area contributed by atoms with E-state index in [2.05, 4.69) is 0 Å². The van der Waals surface area contributed by atoms with Crippen LogP contribution in [-0.4, -0.2) is 149 Å². The number of nitro benzene ring substituents is 16. The van der Waals surface area contributed by atoms with E-state index < -0.39 is 282 Å². The van der Waals surface area contributed by atoms with Crippen LogP contribution in [0.2, 0.25) is 0 Å². The highest BCUT2D eigenvalue weighted by Gasteiger charge is 2.89. The largest absolute Gasteiger partial charge is 0.522 e. The van der Waals surface area contributed by atoms with Crippen LogP contribution in [0.1, 0.15) is 0 Å². The third kappa shape index (κ3) is 12.9. The Bertz CT molecular complexity index is 4840. The molecule has 0 unspecified atom stereocenters. The van der Waals surface area contributed by atoms with Crippen LogP contribution >= 0.6 is 0 Å². The summed E-state index contributed by atoms with van der Waals surface area (Å²) in [5, 5.41) is 203. The smallest absolute Gasteiger partial charge is 0.366 e. The van der Waals surface area contributed by atoms with Crippen LogP contribution in [0.25, 0.3) is 0 Å². The number of rotatable bonds is 24. The van der Waals surface area contributed by atoms with Gasteiger partial charge in [0.25, 0.3) is 91.0 Å². The summed E-state index contributed by atoms with van der Waals surface area (Å²) >= 11 is 0. The Hall–Kier alpha value is -14.6. The monoisotopic (exact) mass is 1750 g/mol. The van der Waals surface area contributed by atoms with E-state index >= 15 is 0 Å². The maximum Gasteiger partial charge on any atom is 0.522 e. The molecule has 6 aliphatic heterocycles. The van der Waals surface area contributed by atoms with E-state index in [-0.39, 0.29) is 146 Å². The fourth-order valence-corrected chi connectivity index (χ4v) is 58.9. The van der Waals surface area contributed by atoms with Gasteiger partial charge >= 0.3 is 70.4 Å². The van der Waals surface area contributed by atoms with E-state index in [0.29, 0.717) is 0 Å². The van der Waals surface area contributed by atoms with E-state index in [1.807, 2.05) is 0 Å². The van der Waals surface area contributed by atoms with E-state index in [1.165, 1.54) is 0 Å². The molecule has 0 spiro atoms. The van der Waals surface area contributed by atoms with Crippen molar-refractivity contribution in [2.24, 2.45) is 0 Å². The van der Waals surface area contributed by atoms with E-state index in [9.17, 15) is 162 Å². The van der Waals surface area contributed by atoms with Crippen molar-refractivity contribution in [2.75, 3.05) is 0 Å². The number of nitro groups is 16. The average molecular weight is 1750 g/mol. The molecule has 8 bridgehead atoms. The summed E-state index contributed by atoms with van der Waals surface area (Å²) in [5.41, 5.74) is -27.5. The van der Waals surface area contributed by atoms with Crippen molar-refractivity contribution in [1.29, 1.82) is 0 Å². The normalized spacial score (nSPS) is 24.1. The van der Waals surface area contributed by atoms with Crippen LogP contribution in [0.5, 0.6) is 0 Å². The summed E-state index contributed by atoms with van der Waals surface area (Å²) < 4.78 is 85.4. The van der Waals surface area contributed by atoms with Gasteiger partial charge in [-0.3, -0.25) is 162 Å². The lowest BCUT2D eigenvalue weighted by molar-refractivity contribution is -0.393. The number of non-ortho nitro benzene ring substituents is 8. The first-order chi connectivity index (χ1) is 54.3. The lowest BCUT2D eigenvalue weighted by atomic mass is 10.3. The summed E-state index contributed by atoms with van der Waals surface area (Å²) in [6, 6.07) is 1.91. The molecule has 8 aromatic carbocycles. The molecule has 8 aromatic rings. The highest BCUT2D eigenvalue weighted by atomic mass is 28.6. The molecule has 6 aliphatic rings. The zero-order chi connectivity index (χ0) is 84.5. The summed E-state index contributed by atoms with van der Waals surface area (Å²) in [7, 11) is -63.6. The predicted octanol–water partition coefficient (Wildman–Crippen LogP) is 1.55. The van der Waals surface area contributed by atoms with Crippen LogP contribution in [0, 0.1) is 162 Å². The maximum absolute atomic E-state index is 14.3. The lowest BCUT2D eigenvalue weighted by Crippen LogP contribution is -2.96. The van der Waals surface area contributed by atoms with Crippen molar-refractivity contribution in [2.45, 2.75) is 0 Å². The van der Waals surface area contributed by atoms with Crippen molar-refractivity contribution in [3.63, 3.8) is 0 Å². The lowest BCUT2D eigenvalue weighted by Gasteiger charge is -2.61. The minimum absolute atomic E-state index is 0.0786. The molecule has 6 heterocycles. The Morgan fingerprint density at radius 3 is 0.302 bits per heavy atom. The number of nitrogens with zero attached hydrogens (tertiary/aromatic N) is 16. The van der Waals surface area contributed by atoms with Crippen LogP contribution in [0.15, 0.2) is 146 Å². The average Bonchev–Trinajstić information content (AvgIpc) is 0.657. The van der Waals surface area contributed by atoms with Crippen molar-refractivity contribution in [1.82, 2.24) is 0 Å². The zero-order valence-corrected chi connectivity index (χ0v) is 63.0. The molecule has 0 amide bonds. The number of hydrogen-bond acceptors (Lipinski definition) is 44. The standard InChI is InChI=1S/C48H24N16O44Si8/c65-49(66)25-1-9-41(33(17-25)57(81)82)109-97-110(42-10-2-26(50(67)68)18-34(42)58(83)84)100-113(45-13-5-29(53(73)74)21-37(45)61(89)90)102-111(98-109,43-11-3-27(51(69)70)19-35(43)59(85)86)104-115(47-15-7-31(55(77)78)23-39(47)63(93)94)105-112(99-109,44-12-4-28(52(71)72)20-36(44)60(87)88)103-114(101-110,46-14-6-30(54(75)76)22-38(46)62(91)92)107-116(106-113,108-115)48-16-8-32(56(79)80)24-40(48)64(95)96/h1-24H. The van der Waals surface area contributed by atoms with E-state index in [4.69, 9.17) is 49.4 Å². The number of hydrogen-bond donors (Lipinski definition) is 0. The second kappa shape index (κ2) is 27.7. The molecule has 0 saturated carbocycles. The first-order valence-electron chi connectivity index (χ1n) is 30.2. The van der Waals surface area contributed by atoms with Gasteiger partial charge in [-0.15, -0.1) is 0 Å². The summed E-state index contributed by atoms with van der Waals surface area (Å²) in [6.07, 6.45) is 0. The molecule has 6 fully saturated rings. The van der Waals surface area contributed by atoms with Gasteiger partial charge < -0.3 is 49.4 Å². The molecule has 0 N–H and O–H groups in total. The second-order valence-corrected chi connectivity index (χ2v) is 46.4. The molecule has 0 radical (unpaired) electrons. The quantitative estimate of drug-likeness (QED) is 0.0470. The fraction of sp³-hybridized carbons (Fsp3) is 0. The van der Waals surface area contributed by atoms with Crippen LogP contribution in [-0.2, 0) is 49.4 Å². The van der Waals surface area contributed by atoms with Gasteiger partial charge in [-0.05, 0) is 48.5 Å². The molecule has 60 nitrogen and oxygen atoms in total. The van der Waals surface area contributed by atoms with Gasteiger partial charge in [0, 0.05) is 48.5 Å². The first-order valence-corrected chi connectivity index (χ1v) is 44.0. The van der Waals surface area contributed by atoms with E-state index in [0.717, 1.165) is 0 Å². The van der Waals surface area contributed by atoms with Gasteiger partial charge in [0.1, 0.15) is 0 Å². The van der Waals surface area contributed by atoms with Gasteiger partial charge in [-0.2, -0.15) is 0 Å². The molecule has 592 valence electrons. The molecule has 68 heteroatoms. The molecule has 116 heavy (non-hydrogen) atoms. The topological polar surface area (TPSA) is 801 Å². The maximum atomic E-state index is 14.3. The highest BCUT2D eigenvalue weighted by molar-refractivity contribution is 7.15. The summed E-state index contributed by atoms with van der Waals surface area (Å²) in [5.74, 6) is 0. The van der Waals surface area contributed by atoms with Crippen LogP contribution in [0.4, 0.5) is 91.0 Å². The Morgan fingerprint density at radius 1 is 0.147 bits per heavy atom. The third-order valence-electron chi connectivity index (χ3n) is 17.0. The first kappa shape index (κ1) is 79.5. The Kier molecular flexibility index (Phi) is 19.0. The Balaban J connectivity index is 1.45. The zero-order valence-electron chi connectivity index (χ0n) is 55.0. The van der Waals surface area contributed by atoms with Gasteiger partial charge in [-0.25, -0.2) is 0 Å². The van der Waals surface area contributed by atoms with Crippen LogP contribution < -0.4 is 41.5 Å². The van der Waals surface area contributed by atoms with Gasteiger partial charge in [0.15, 0.2) is 0 Å². The highest BCUT2D eigenvalue weighted by Crippen LogP contribution is 2.53. The van der Waals surface area contributed by atoms with Crippen molar-refractivity contribution in [3.8, 4) is 0 Å². The van der Waals surface area contributed by atoms with Crippen LogP contribution in [0.3, 0.4) is 0 Å². The molecular weight excluding hydrogens is 1730 g/mol. The summed E-state index contributed by atoms with van der Waals surface area (Å²) in [4.78, 5) is 193. The minimum Gasteiger partial charge on any atom is -0.366 e. The Morgan fingerprint density at radius 2 is 0.233 bits per heavy atom. The van der Waals surface area contributed by atoms with Crippen molar-refractivity contribution >= 4 is 203 Å². The minimum atomic E-state index is -7.95. The molecule has 6 saturated heterocycles. The predicted molar refractivity (Wildman–Crippen MR) is 374 cm³/mol. The molecule has 14 rings (SSSR count). The molecule has 0 aromatic heterocycles. The van der Waals surface area contributed by atoms with Gasteiger partial charge in [0.2, 0.25) is 0 Å². The number of benzene rings is 8. The van der Waals surface area contributed by atoms with E-state index in [1.54, 1.807) is 0 Å². The van der Waals surface area contributed by atoms with Crippen molar-refractivity contribution in [3.05, 3.63) is 307 Å². The van der Waals surface area contributed by atoms with Crippen molar-refractivity contribution < 1.29 is 128 Å². The summed E-state index contributed by atoms with van der Waals surface area (Å²) in [6.45, 7) is 0. The molecule has 0 atom stereocenters.